The molecule has 0 aromatic rings. The minimum atomic E-state index is 0.900. The molecule has 0 aromatic heterocycles. The van der Waals surface area contributed by atoms with Gasteiger partial charge < -0.3 is 4.74 Å². The Bertz CT molecular complexity index is 214. The number of rotatable bonds is 2. The molecule has 2 nitrogen and oxygen atoms in total. The molecule has 0 atom stereocenters. The number of morpholine rings is 1. The molecule has 1 aliphatic carbocycles. The summed E-state index contributed by atoms with van der Waals surface area (Å²) in [4.78, 5) is 2.46. The topological polar surface area (TPSA) is 12.5 Å². The van der Waals surface area contributed by atoms with Crippen molar-refractivity contribution in [2.24, 2.45) is 0 Å². The minimum Gasteiger partial charge on any atom is -0.379 e. The Balaban J connectivity index is 1.82. The minimum absolute atomic E-state index is 0.900. The van der Waals surface area contributed by atoms with Crippen molar-refractivity contribution in [3.8, 4) is 0 Å². The Morgan fingerprint density at radius 2 is 2.08 bits per heavy atom. The zero-order valence-electron chi connectivity index (χ0n) is 8.04. The highest BCUT2D eigenvalue weighted by Crippen LogP contribution is 2.11. The van der Waals surface area contributed by atoms with Gasteiger partial charge in [-0.1, -0.05) is 18.2 Å². The van der Waals surface area contributed by atoms with Gasteiger partial charge in [-0.3, -0.25) is 4.90 Å². The standard InChI is InChI=1S/C11H17NO/c1-2-4-11(5-3-1)10-12-6-8-13-9-7-12/h2,4-5H,1,3,6-10H2. The van der Waals surface area contributed by atoms with E-state index in [1.165, 1.54) is 18.4 Å². The van der Waals surface area contributed by atoms with E-state index in [1.807, 2.05) is 0 Å². The summed E-state index contributed by atoms with van der Waals surface area (Å²) < 4.78 is 5.31. The average molecular weight is 179 g/mol. The smallest absolute Gasteiger partial charge is 0.0594 e. The van der Waals surface area contributed by atoms with E-state index < -0.39 is 0 Å². The molecule has 0 unspecified atom stereocenters. The first-order valence-corrected chi connectivity index (χ1v) is 5.11. The summed E-state index contributed by atoms with van der Waals surface area (Å²) in [6.45, 7) is 5.09. The van der Waals surface area contributed by atoms with Gasteiger partial charge in [0.1, 0.15) is 0 Å². The average Bonchev–Trinajstić information content (AvgIpc) is 2.21. The van der Waals surface area contributed by atoms with Crippen molar-refractivity contribution in [3.05, 3.63) is 23.8 Å². The largest absolute Gasteiger partial charge is 0.379 e. The number of hydrogen-bond acceptors (Lipinski definition) is 2. The van der Waals surface area contributed by atoms with Crippen LogP contribution in [0.1, 0.15) is 12.8 Å². The number of ether oxygens (including phenoxy) is 1. The first-order valence-electron chi connectivity index (χ1n) is 5.11. The molecule has 2 heteroatoms. The Morgan fingerprint density at radius 1 is 1.23 bits per heavy atom. The predicted molar refractivity (Wildman–Crippen MR) is 53.7 cm³/mol. The molecule has 1 aliphatic heterocycles. The van der Waals surface area contributed by atoms with Gasteiger partial charge in [-0.25, -0.2) is 0 Å². The lowest BCUT2D eigenvalue weighted by Gasteiger charge is -2.27. The second-order valence-corrected chi connectivity index (χ2v) is 3.65. The normalized spacial score (nSPS) is 24.5. The van der Waals surface area contributed by atoms with Crippen molar-refractivity contribution in [2.45, 2.75) is 12.8 Å². The van der Waals surface area contributed by atoms with Crippen LogP contribution in [-0.4, -0.2) is 37.7 Å². The van der Waals surface area contributed by atoms with Crippen molar-refractivity contribution in [1.29, 1.82) is 0 Å². The Labute approximate surface area is 79.9 Å². The third kappa shape index (κ3) is 2.68. The summed E-state index contributed by atoms with van der Waals surface area (Å²) in [6.07, 6.45) is 9.33. The summed E-state index contributed by atoms with van der Waals surface area (Å²) in [5.41, 5.74) is 1.48. The molecule has 1 saturated heterocycles. The highest BCUT2D eigenvalue weighted by atomic mass is 16.5. The van der Waals surface area contributed by atoms with E-state index in [0.29, 0.717) is 0 Å². The van der Waals surface area contributed by atoms with Crippen LogP contribution in [0.4, 0.5) is 0 Å². The Morgan fingerprint density at radius 3 is 2.77 bits per heavy atom. The van der Waals surface area contributed by atoms with Crippen LogP contribution < -0.4 is 0 Å². The van der Waals surface area contributed by atoms with Gasteiger partial charge in [-0.2, -0.15) is 0 Å². The van der Waals surface area contributed by atoms with Gasteiger partial charge in [0.05, 0.1) is 13.2 Å². The monoisotopic (exact) mass is 179 g/mol. The molecule has 1 fully saturated rings. The third-order valence-corrected chi connectivity index (χ3v) is 2.58. The fraction of sp³-hybridized carbons (Fsp3) is 0.636. The summed E-state index contributed by atoms with van der Waals surface area (Å²) in [5, 5.41) is 0. The van der Waals surface area contributed by atoms with Gasteiger partial charge in [-0.05, 0) is 18.4 Å². The maximum atomic E-state index is 5.31. The van der Waals surface area contributed by atoms with Gasteiger partial charge in [0.15, 0.2) is 0 Å². The van der Waals surface area contributed by atoms with Crippen molar-refractivity contribution in [3.63, 3.8) is 0 Å². The summed E-state index contributed by atoms with van der Waals surface area (Å²) >= 11 is 0. The zero-order chi connectivity index (χ0) is 8.93. The molecule has 2 rings (SSSR count). The van der Waals surface area contributed by atoms with Crippen molar-refractivity contribution in [1.82, 2.24) is 4.90 Å². The fourth-order valence-electron chi connectivity index (χ4n) is 1.80. The van der Waals surface area contributed by atoms with E-state index >= 15 is 0 Å². The van der Waals surface area contributed by atoms with E-state index in [9.17, 15) is 0 Å². The highest BCUT2D eigenvalue weighted by Gasteiger charge is 2.11. The molecular weight excluding hydrogens is 162 g/mol. The van der Waals surface area contributed by atoms with Crippen molar-refractivity contribution < 1.29 is 4.74 Å². The van der Waals surface area contributed by atoms with Crippen LogP contribution in [0.15, 0.2) is 23.8 Å². The Kier molecular flexibility index (Phi) is 3.16. The molecule has 72 valence electrons. The van der Waals surface area contributed by atoms with Crippen LogP contribution in [0.3, 0.4) is 0 Å². The zero-order valence-corrected chi connectivity index (χ0v) is 8.04. The van der Waals surface area contributed by atoms with Gasteiger partial charge in [0, 0.05) is 19.6 Å². The lowest BCUT2D eigenvalue weighted by atomic mass is 10.1. The van der Waals surface area contributed by atoms with Gasteiger partial charge in [0.2, 0.25) is 0 Å². The molecule has 0 N–H and O–H groups in total. The lowest BCUT2D eigenvalue weighted by molar-refractivity contribution is 0.0425. The Hall–Kier alpha value is -0.600. The van der Waals surface area contributed by atoms with Crippen molar-refractivity contribution in [2.75, 3.05) is 32.8 Å². The first kappa shape index (κ1) is 8.97. The number of allylic oxidation sites excluding steroid dienone is 2. The van der Waals surface area contributed by atoms with E-state index in [0.717, 1.165) is 32.8 Å². The first-order chi connectivity index (χ1) is 6.45. The molecule has 0 spiro atoms. The van der Waals surface area contributed by atoms with Crippen LogP contribution in [0, 0.1) is 0 Å². The molecule has 0 amide bonds. The maximum Gasteiger partial charge on any atom is 0.0594 e. The van der Waals surface area contributed by atoms with Crippen LogP contribution in [0.2, 0.25) is 0 Å². The van der Waals surface area contributed by atoms with E-state index in [2.05, 4.69) is 23.1 Å². The predicted octanol–water partition coefficient (Wildman–Crippen LogP) is 1.59. The summed E-state index contributed by atoms with van der Waals surface area (Å²) in [6, 6.07) is 0. The van der Waals surface area contributed by atoms with Crippen LogP contribution >= 0.6 is 0 Å². The second kappa shape index (κ2) is 4.58. The van der Waals surface area contributed by atoms with E-state index in [1.54, 1.807) is 0 Å². The summed E-state index contributed by atoms with van der Waals surface area (Å²) in [5.74, 6) is 0. The van der Waals surface area contributed by atoms with Gasteiger partial charge >= 0.3 is 0 Å². The molecule has 0 saturated carbocycles. The lowest BCUT2D eigenvalue weighted by Crippen LogP contribution is -2.37. The van der Waals surface area contributed by atoms with Crippen LogP contribution in [0.25, 0.3) is 0 Å². The SMILES string of the molecule is C1=CC(CN2CCOCC2)=CCC1. The molecule has 0 bridgehead atoms. The molecule has 0 radical (unpaired) electrons. The molecular formula is C11H17NO. The third-order valence-electron chi connectivity index (χ3n) is 2.58. The number of nitrogens with zero attached hydrogens (tertiary/aromatic N) is 1. The highest BCUT2D eigenvalue weighted by molar-refractivity contribution is 5.23. The van der Waals surface area contributed by atoms with Crippen molar-refractivity contribution >= 4 is 0 Å². The van der Waals surface area contributed by atoms with E-state index in [-0.39, 0.29) is 0 Å². The molecule has 0 aromatic carbocycles. The van der Waals surface area contributed by atoms with E-state index in [4.69, 9.17) is 4.74 Å². The van der Waals surface area contributed by atoms with Crippen LogP contribution in [0.5, 0.6) is 0 Å². The van der Waals surface area contributed by atoms with Gasteiger partial charge in [-0.15, -0.1) is 0 Å². The van der Waals surface area contributed by atoms with Crippen LogP contribution in [-0.2, 0) is 4.74 Å². The molecule has 13 heavy (non-hydrogen) atoms. The fourth-order valence-corrected chi connectivity index (χ4v) is 1.80. The molecule has 2 aliphatic rings. The maximum absolute atomic E-state index is 5.31. The second-order valence-electron chi connectivity index (χ2n) is 3.65. The number of hydrogen-bond donors (Lipinski definition) is 0. The summed E-state index contributed by atoms with van der Waals surface area (Å²) in [7, 11) is 0. The molecule has 1 heterocycles. The van der Waals surface area contributed by atoms with Gasteiger partial charge in [0.25, 0.3) is 0 Å². The quantitative estimate of drug-likeness (QED) is 0.638.